The summed E-state index contributed by atoms with van der Waals surface area (Å²) in [5.41, 5.74) is 1.43. The molecule has 0 atom stereocenters. The predicted molar refractivity (Wildman–Crippen MR) is 72.6 cm³/mol. The molecular formula is C13H17ClNS+. The summed E-state index contributed by atoms with van der Waals surface area (Å²) in [6, 6.07) is 6.17. The van der Waals surface area contributed by atoms with Gasteiger partial charge in [0.1, 0.15) is 6.54 Å². The van der Waals surface area contributed by atoms with Crippen molar-refractivity contribution in [3.63, 3.8) is 0 Å². The summed E-state index contributed by atoms with van der Waals surface area (Å²) in [5, 5.41) is 4.44. The van der Waals surface area contributed by atoms with Gasteiger partial charge in [0.25, 0.3) is 0 Å². The van der Waals surface area contributed by atoms with Crippen LogP contribution in [0.4, 0.5) is 0 Å². The fourth-order valence-electron chi connectivity index (χ4n) is 1.96. The van der Waals surface area contributed by atoms with Gasteiger partial charge in [-0.25, -0.2) is 0 Å². The lowest BCUT2D eigenvalue weighted by Gasteiger charge is -2.14. The Balaban J connectivity index is 2.33. The van der Waals surface area contributed by atoms with Crippen molar-refractivity contribution < 1.29 is 4.90 Å². The predicted octanol–water partition coefficient (Wildman–Crippen LogP) is 2.98. The van der Waals surface area contributed by atoms with Gasteiger partial charge in [0, 0.05) is 26.1 Å². The van der Waals surface area contributed by atoms with Gasteiger partial charge in [-0.1, -0.05) is 11.6 Å². The zero-order valence-corrected chi connectivity index (χ0v) is 11.3. The molecule has 1 aromatic carbocycles. The van der Waals surface area contributed by atoms with E-state index in [0.717, 1.165) is 11.6 Å². The summed E-state index contributed by atoms with van der Waals surface area (Å²) in [6.45, 7) is 7.93. The number of quaternary nitrogens is 1. The highest BCUT2D eigenvalue weighted by Crippen LogP contribution is 2.28. The first kappa shape index (κ1) is 11.9. The molecule has 1 aromatic heterocycles. The highest BCUT2D eigenvalue weighted by Gasteiger charge is 2.10. The van der Waals surface area contributed by atoms with Crippen molar-refractivity contribution in [3.8, 4) is 0 Å². The Hall–Kier alpha value is -0.570. The zero-order chi connectivity index (χ0) is 11.5. The molecule has 0 aliphatic carbocycles. The molecule has 1 nitrogen and oxygen atoms in total. The van der Waals surface area contributed by atoms with Crippen LogP contribution in [-0.2, 0) is 6.54 Å². The van der Waals surface area contributed by atoms with E-state index in [4.69, 9.17) is 11.6 Å². The summed E-state index contributed by atoms with van der Waals surface area (Å²) in [7, 11) is 0. The summed E-state index contributed by atoms with van der Waals surface area (Å²) >= 11 is 7.86. The number of halogens is 1. The molecule has 0 saturated carbocycles. The van der Waals surface area contributed by atoms with E-state index in [1.54, 1.807) is 4.90 Å². The average Bonchev–Trinajstić information content (AvgIpc) is 2.68. The van der Waals surface area contributed by atoms with Crippen LogP contribution in [0, 0.1) is 0 Å². The molecular weight excluding hydrogens is 238 g/mol. The van der Waals surface area contributed by atoms with Crippen molar-refractivity contribution in [1.82, 2.24) is 0 Å². The standard InChI is InChI=1S/C13H16ClNS/c1-3-15(4-2)8-10-9-16-13-6-5-11(14)7-12(10)13/h5-7,9H,3-4,8H2,1-2H3/p+1. The average molecular weight is 255 g/mol. The normalized spacial score (nSPS) is 11.5. The number of benzene rings is 1. The van der Waals surface area contributed by atoms with E-state index in [-0.39, 0.29) is 0 Å². The highest BCUT2D eigenvalue weighted by atomic mass is 35.5. The summed E-state index contributed by atoms with van der Waals surface area (Å²) < 4.78 is 1.34. The van der Waals surface area contributed by atoms with E-state index >= 15 is 0 Å². The van der Waals surface area contributed by atoms with E-state index < -0.39 is 0 Å². The van der Waals surface area contributed by atoms with Crippen LogP contribution in [-0.4, -0.2) is 13.1 Å². The smallest absolute Gasteiger partial charge is 0.104 e. The van der Waals surface area contributed by atoms with Gasteiger partial charge in [0.05, 0.1) is 13.1 Å². The van der Waals surface area contributed by atoms with Gasteiger partial charge in [0.2, 0.25) is 0 Å². The molecule has 1 heterocycles. The first-order valence-corrected chi connectivity index (χ1v) is 6.99. The molecule has 0 aliphatic rings. The van der Waals surface area contributed by atoms with E-state index in [0.29, 0.717) is 0 Å². The maximum absolute atomic E-state index is 6.05. The molecule has 0 fully saturated rings. The number of thiophene rings is 1. The molecule has 1 N–H and O–H groups in total. The lowest BCUT2D eigenvalue weighted by molar-refractivity contribution is -0.910. The lowest BCUT2D eigenvalue weighted by Crippen LogP contribution is -3.10. The fraction of sp³-hybridized carbons (Fsp3) is 0.385. The van der Waals surface area contributed by atoms with Gasteiger partial charge >= 0.3 is 0 Å². The largest absolute Gasteiger partial charge is 0.332 e. The second kappa shape index (κ2) is 5.17. The minimum atomic E-state index is 0.835. The van der Waals surface area contributed by atoms with Crippen molar-refractivity contribution in [1.29, 1.82) is 0 Å². The number of hydrogen-bond acceptors (Lipinski definition) is 1. The van der Waals surface area contributed by atoms with Gasteiger partial charge in [-0.2, -0.15) is 0 Å². The summed E-state index contributed by atoms with van der Waals surface area (Å²) in [4.78, 5) is 1.61. The third kappa shape index (κ3) is 2.40. The van der Waals surface area contributed by atoms with E-state index in [2.05, 4.69) is 31.4 Å². The molecule has 0 amide bonds. The molecule has 86 valence electrons. The van der Waals surface area contributed by atoms with E-state index in [1.165, 1.54) is 28.7 Å². The zero-order valence-electron chi connectivity index (χ0n) is 9.72. The van der Waals surface area contributed by atoms with Crippen LogP contribution in [0.1, 0.15) is 19.4 Å². The maximum Gasteiger partial charge on any atom is 0.104 e. The van der Waals surface area contributed by atoms with Crippen molar-refractivity contribution in [2.24, 2.45) is 0 Å². The van der Waals surface area contributed by atoms with Crippen molar-refractivity contribution in [2.75, 3.05) is 13.1 Å². The van der Waals surface area contributed by atoms with Crippen molar-refractivity contribution >= 4 is 33.0 Å². The Labute approximate surface area is 106 Å². The minimum Gasteiger partial charge on any atom is -0.332 e. The molecule has 0 bridgehead atoms. The quantitative estimate of drug-likeness (QED) is 0.856. The van der Waals surface area contributed by atoms with Gasteiger partial charge < -0.3 is 4.90 Å². The number of nitrogens with one attached hydrogen (secondary N) is 1. The Morgan fingerprint density at radius 2 is 2.00 bits per heavy atom. The third-order valence-electron chi connectivity index (χ3n) is 3.06. The highest BCUT2D eigenvalue weighted by molar-refractivity contribution is 7.17. The van der Waals surface area contributed by atoms with Crippen LogP contribution < -0.4 is 4.90 Å². The van der Waals surface area contributed by atoms with Gasteiger partial charge in [-0.3, -0.25) is 0 Å². The van der Waals surface area contributed by atoms with Crippen LogP contribution in [0.2, 0.25) is 5.02 Å². The van der Waals surface area contributed by atoms with Crippen LogP contribution in [0.25, 0.3) is 10.1 Å². The van der Waals surface area contributed by atoms with Gasteiger partial charge in [0.15, 0.2) is 0 Å². The monoisotopic (exact) mass is 254 g/mol. The molecule has 2 rings (SSSR count). The van der Waals surface area contributed by atoms with Crippen LogP contribution in [0.5, 0.6) is 0 Å². The van der Waals surface area contributed by atoms with E-state index in [9.17, 15) is 0 Å². The number of hydrogen-bond donors (Lipinski definition) is 1. The molecule has 2 aromatic rings. The Kier molecular flexibility index (Phi) is 3.85. The van der Waals surface area contributed by atoms with Crippen LogP contribution in [0.15, 0.2) is 23.6 Å². The fourth-order valence-corrected chi connectivity index (χ4v) is 3.08. The third-order valence-corrected chi connectivity index (χ3v) is 4.30. The Morgan fingerprint density at radius 3 is 2.69 bits per heavy atom. The second-order valence-corrected chi connectivity index (χ2v) is 5.38. The lowest BCUT2D eigenvalue weighted by atomic mass is 10.1. The van der Waals surface area contributed by atoms with Crippen molar-refractivity contribution in [3.05, 3.63) is 34.2 Å². The molecule has 3 heteroatoms. The van der Waals surface area contributed by atoms with Crippen LogP contribution in [0.3, 0.4) is 0 Å². The molecule has 0 unspecified atom stereocenters. The molecule has 16 heavy (non-hydrogen) atoms. The Morgan fingerprint density at radius 1 is 1.25 bits per heavy atom. The molecule has 0 spiro atoms. The SMILES string of the molecule is CC[NH+](CC)Cc1csc2ccc(Cl)cc12. The van der Waals surface area contributed by atoms with Crippen LogP contribution >= 0.6 is 22.9 Å². The summed E-state index contributed by atoms with van der Waals surface area (Å²) in [5.74, 6) is 0. The van der Waals surface area contributed by atoms with Gasteiger partial charge in [-0.15, -0.1) is 11.3 Å². The van der Waals surface area contributed by atoms with Crippen molar-refractivity contribution in [2.45, 2.75) is 20.4 Å². The molecule has 0 radical (unpaired) electrons. The number of rotatable bonds is 4. The van der Waals surface area contributed by atoms with E-state index in [1.807, 2.05) is 17.4 Å². The first-order valence-electron chi connectivity index (χ1n) is 5.73. The number of fused-ring (bicyclic) bond motifs is 1. The summed E-state index contributed by atoms with van der Waals surface area (Å²) in [6.07, 6.45) is 0. The van der Waals surface area contributed by atoms with Gasteiger partial charge in [-0.05, 0) is 32.0 Å². The second-order valence-electron chi connectivity index (χ2n) is 4.04. The first-order chi connectivity index (χ1) is 7.74. The molecule has 0 saturated heterocycles. The topological polar surface area (TPSA) is 4.44 Å². The maximum atomic E-state index is 6.05. The molecule has 0 aliphatic heterocycles. The minimum absolute atomic E-state index is 0.835. The Bertz CT molecular complexity index is 474.